The Morgan fingerprint density at radius 2 is 2.15 bits per heavy atom. The molecule has 2 atom stereocenters. The molecular formula is C16H24ClNO2. The van der Waals surface area contributed by atoms with Gasteiger partial charge in [-0.2, -0.15) is 0 Å². The Morgan fingerprint density at radius 1 is 1.35 bits per heavy atom. The van der Waals surface area contributed by atoms with Crippen LogP contribution in [0.3, 0.4) is 0 Å². The van der Waals surface area contributed by atoms with E-state index < -0.39 is 0 Å². The molecule has 3 nitrogen and oxygen atoms in total. The fourth-order valence-electron chi connectivity index (χ4n) is 2.70. The van der Waals surface area contributed by atoms with E-state index >= 15 is 0 Å². The van der Waals surface area contributed by atoms with Crippen molar-refractivity contribution in [2.45, 2.75) is 32.8 Å². The van der Waals surface area contributed by atoms with Crippen molar-refractivity contribution >= 4 is 11.6 Å². The van der Waals surface area contributed by atoms with E-state index in [0.29, 0.717) is 22.6 Å². The Labute approximate surface area is 126 Å². The molecule has 0 radical (unpaired) electrons. The van der Waals surface area contributed by atoms with Gasteiger partial charge in [-0.3, -0.25) is 0 Å². The molecule has 2 rings (SSSR count). The molecule has 20 heavy (non-hydrogen) atoms. The first-order chi connectivity index (χ1) is 9.60. The maximum atomic E-state index is 6.26. The third-order valence-electron chi connectivity index (χ3n) is 3.73. The molecule has 0 spiro atoms. The summed E-state index contributed by atoms with van der Waals surface area (Å²) in [6, 6.07) is 5.55. The molecule has 1 aliphatic rings. The van der Waals surface area contributed by atoms with Gasteiger partial charge >= 0.3 is 0 Å². The molecule has 1 saturated heterocycles. The van der Waals surface area contributed by atoms with Gasteiger partial charge in [0, 0.05) is 23.6 Å². The van der Waals surface area contributed by atoms with Gasteiger partial charge < -0.3 is 14.8 Å². The molecule has 0 aromatic heterocycles. The first kappa shape index (κ1) is 15.5. The summed E-state index contributed by atoms with van der Waals surface area (Å²) >= 11 is 6.00. The van der Waals surface area contributed by atoms with Crippen LogP contribution in [0.4, 0.5) is 0 Å². The molecule has 112 valence electrons. The Kier molecular flexibility index (Phi) is 5.55. The van der Waals surface area contributed by atoms with Crippen LogP contribution in [0.15, 0.2) is 18.2 Å². The molecule has 1 fully saturated rings. The van der Waals surface area contributed by atoms with Gasteiger partial charge in [0.15, 0.2) is 11.5 Å². The first-order valence-corrected chi connectivity index (χ1v) is 7.69. The van der Waals surface area contributed by atoms with Crippen molar-refractivity contribution < 1.29 is 9.47 Å². The highest BCUT2D eigenvalue weighted by Crippen LogP contribution is 2.33. The van der Waals surface area contributed by atoms with Crippen molar-refractivity contribution in [3.63, 3.8) is 0 Å². The zero-order valence-electron chi connectivity index (χ0n) is 12.5. The molecule has 1 aromatic rings. The summed E-state index contributed by atoms with van der Waals surface area (Å²) in [5.74, 6) is 2.67. The Morgan fingerprint density at radius 3 is 2.75 bits per heavy atom. The minimum Gasteiger partial charge on any atom is -0.493 e. The number of methoxy groups -OCH3 is 1. The standard InChI is InChI=1S/C16H24ClNO2/c1-11(2)8-15(12-6-7-18-10-12)20-14-5-4-13(17)9-16(14)19-3/h4-5,9,11-12,15,18H,6-8,10H2,1-3H3/t12?,15-/m0/s1. The van der Waals surface area contributed by atoms with E-state index in [-0.39, 0.29) is 6.10 Å². The molecule has 0 aliphatic carbocycles. The van der Waals surface area contributed by atoms with Gasteiger partial charge in [-0.15, -0.1) is 0 Å². The summed E-state index contributed by atoms with van der Waals surface area (Å²) in [5, 5.41) is 4.08. The normalized spacial score (nSPS) is 20.1. The second-order valence-corrected chi connectivity index (χ2v) is 6.27. The summed E-state index contributed by atoms with van der Waals surface area (Å²) in [5.41, 5.74) is 0. The largest absolute Gasteiger partial charge is 0.493 e. The highest BCUT2D eigenvalue weighted by molar-refractivity contribution is 6.30. The number of ether oxygens (including phenoxy) is 2. The fourth-order valence-corrected chi connectivity index (χ4v) is 2.86. The van der Waals surface area contributed by atoms with Crippen molar-refractivity contribution in [1.29, 1.82) is 0 Å². The minimum atomic E-state index is 0.222. The monoisotopic (exact) mass is 297 g/mol. The van der Waals surface area contributed by atoms with E-state index in [9.17, 15) is 0 Å². The first-order valence-electron chi connectivity index (χ1n) is 7.31. The lowest BCUT2D eigenvalue weighted by Gasteiger charge is -2.26. The van der Waals surface area contributed by atoms with Gasteiger partial charge in [0.05, 0.1) is 7.11 Å². The van der Waals surface area contributed by atoms with Gasteiger partial charge in [-0.05, 0) is 37.4 Å². The number of benzene rings is 1. The van der Waals surface area contributed by atoms with E-state index in [2.05, 4.69) is 19.2 Å². The van der Waals surface area contributed by atoms with Crippen LogP contribution in [0.2, 0.25) is 5.02 Å². The number of hydrogen-bond donors (Lipinski definition) is 1. The molecule has 1 aromatic carbocycles. The lowest BCUT2D eigenvalue weighted by Crippen LogP contribution is -2.30. The zero-order valence-corrected chi connectivity index (χ0v) is 13.2. The minimum absolute atomic E-state index is 0.222. The van der Waals surface area contributed by atoms with Gasteiger partial charge in [-0.25, -0.2) is 0 Å². The van der Waals surface area contributed by atoms with Crippen LogP contribution in [-0.2, 0) is 0 Å². The Bertz CT molecular complexity index is 430. The van der Waals surface area contributed by atoms with Crippen LogP contribution in [-0.4, -0.2) is 26.3 Å². The second-order valence-electron chi connectivity index (χ2n) is 5.83. The number of nitrogens with one attached hydrogen (secondary N) is 1. The van der Waals surface area contributed by atoms with E-state index in [0.717, 1.165) is 25.3 Å². The summed E-state index contributed by atoms with van der Waals surface area (Å²) < 4.78 is 11.6. The van der Waals surface area contributed by atoms with Crippen molar-refractivity contribution in [3.8, 4) is 11.5 Å². The van der Waals surface area contributed by atoms with Gasteiger partial charge in [0.2, 0.25) is 0 Å². The fraction of sp³-hybridized carbons (Fsp3) is 0.625. The molecule has 1 aliphatic heterocycles. The highest BCUT2D eigenvalue weighted by atomic mass is 35.5. The third-order valence-corrected chi connectivity index (χ3v) is 3.97. The molecule has 1 unspecified atom stereocenters. The van der Waals surface area contributed by atoms with Crippen molar-refractivity contribution in [2.24, 2.45) is 11.8 Å². The van der Waals surface area contributed by atoms with Crippen LogP contribution < -0.4 is 14.8 Å². The molecule has 0 amide bonds. The second kappa shape index (κ2) is 7.19. The SMILES string of the molecule is COc1cc(Cl)ccc1O[C@@H](CC(C)C)C1CCNC1. The summed E-state index contributed by atoms with van der Waals surface area (Å²) in [6.45, 7) is 6.59. The lowest BCUT2D eigenvalue weighted by atomic mass is 9.93. The molecule has 1 N–H and O–H groups in total. The quantitative estimate of drug-likeness (QED) is 0.867. The van der Waals surface area contributed by atoms with E-state index in [4.69, 9.17) is 21.1 Å². The maximum absolute atomic E-state index is 6.26. The van der Waals surface area contributed by atoms with E-state index in [1.807, 2.05) is 12.1 Å². The summed E-state index contributed by atoms with van der Waals surface area (Å²) in [4.78, 5) is 0. The predicted octanol–water partition coefficient (Wildman–Crippen LogP) is 3.75. The van der Waals surface area contributed by atoms with Crippen molar-refractivity contribution in [2.75, 3.05) is 20.2 Å². The molecule has 1 heterocycles. The lowest BCUT2D eigenvalue weighted by molar-refractivity contribution is 0.115. The van der Waals surface area contributed by atoms with Crippen LogP contribution >= 0.6 is 11.6 Å². The molecular weight excluding hydrogens is 274 g/mol. The predicted molar refractivity (Wildman–Crippen MR) is 82.9 cm³/mol. The van der Waals surface area contributed by atoms with Gasteiger partial charge in [0.25, 0.3) is 0 Å². The van der Waals surface area contributed by atoms with Gasteiger partial charge in [0.1, 0.15) is 6.10 Å². The van der Waals surface area contributed by atoms with Crippen LogP contribution in [0.5, 0.6) is 11.5 Å². The average Bonchev–Trinajstić information content (AvgIpc) is 2.93. The number of hydrogen-bond acceptors (Lipinski definition) is 3. The van der Waals surface area contributed by atoms with Crippen molar-refractivity contribution in [1.82, 2.24) is 5.32 Å². The molecule has 0 bridgehead atoms. The summed E-state index contributed by atoms with van der Waals surface area (Å²) in [6.07, 6.45) is 2.45. The van der Waals surface area contributed by atoms with Crippen LogP contribution in [0.25, 0.3) is 0 Å². The average molecular weight is 298 g/mol. The maximum Gasteiger partial charge on any atom is 0.162 e. The number of rotatable bonds is 6. The van der Waals surface area contributed by atoms with Gasteiger partial charge in [-0.1, -0.05) is 25.4 Å². The topological polar surface area (TPSA) is 30.5 Å². The molecule has 0 saturated carbocycles. The zero-order chi connectivity index (χ0) is 14.5. The Balaban J connectivity index is 2.13. The molecule has 4 heteroatoms. The van der Waals surface area contributed by atoms with Crippen LogP contribution in [0.1, 0.15) is 26.7 Å². The smallest absolute Gasteiger partial charge is 0.162 e. The van der Waals surface area contributed by atoms with E-state index in [1.54, 1.807) is 13.2 Å². The highest BCUT2D eigenvalue weighted by Gasteiger charge is 2.28. The number of halogens is 1. The Hall–Kier alpha value is -0.930. The van der Waals surface area contributed by atoms with E-state index in [1.165, 1.54) is 6.42 Å². The van der Waals surface area contributed by atoms with Crippen molar-refractivity contribution in [3.05, 3.63) is 23.2 Å². The third kappa shape index (κ3) is 4.03. The summed E-state index contributed by atoms with van der Waals surface area (Å²) in [7, 11) is 1.65. The van der Waals surface area contributed by atoms with Crippen LogP contribution in [0, 0.1) is 11.8 Å².